The number of benzene rings is 2. The molecule has 2 heteroatoms. The molecule has 1 aliphatic rings. The van der Waals surface area contributed by atoms with E-state index in [4.69, 9.17) is 0 Å². The summed E-state index contributed by atoms with van der Waals surface area (Å²) < 4.78 is 29.1. The van der Waals surface area contributed by atoms with Gasteiger partial charge in [-0.3, -0.25) is 0 Å². The lowest BCUT2D eigenvalue weighted by Gasteiger charge is -2.29. The van der Waals surface area contributed by atoms with Crippen LogP contribution >= 0.6 is 0 Å². The summed E-state index contributed by atoms with van der Waals surface area (Å²) in [6.07, 6.45) is 14.3. The maximum absolute atomic E-state index is 14.7. The molecule has 1 aliphatic carbocycles. The smallest absolute Gasteiger partial charge is 0.166 e. The molecule has 0 N–H and O–H groups in total. The van der Waals surface area contributed by atoms with Crippen molar-refractivity contribution >= 4 is 0 Å². The summed E-state index contributed by atoms with van der Waals surface area (Å²) in [6, 6.07) is 11.5. The lowest BCUT2D eigenvalue weighted by Crippen LogP contribution is -2.13. The molecule has 0 amide bonds. The van der Waals surface area contributed by atoms with E-state index in [1.165, 1.54) is 50.5 Å². The van der Waals surface area contributed by atoms with Crippen LogP contribution in [0.2, 0.25) is 0 Å². The van der Waals surface area contributed by atoms with Gasteiger partial charge >= 0.3 is 0 Å². The summed E-state index contributed by atoms with van der Waals surface area (Å²) in [6.45, 7) is 4.29. The fraction of sp³-hybridized carbons (Fsp3) is 0.481. The third-order valence-corrected chi connectivity index (χ3v) is 6.41. The quantitative estimate of drug-likeness (QED) is 0.392. The summed E-state index contributed by atoms with van der Waals surface area (Å²) in [5, 5.41) is 0. The number of unbranched alkanes of at least 4 members (excludes halogenated alkanes) is 1. The highest BCUT2D eigenvalue weighted by Gasteiger charge is 2.22. The Labute approximate surface area is 175 Å². The highest BCUT2D eigenvalue weighted by molar-refractivity contribution is 5.65. The number of rotatable bonds is 8. The van der Waals surface area contributed by atoms with E-state index < -0.39 is 11.6 Å². The lowest BCUT2D eigenvalue weighted by atomic mass is 9.77. The predicted octanol–water partition coefficient (Wildman–Crippen LogP) is 8.60. The summed E-state index contributed by atoms with van der Waals surface area (Å²) in [7, 11) is 0. The van der Waals surface area contributed by atoms with Crippen molar-refractivity contribution in [2.45, 2.75) is 77.6 Å². The highest BCUT2D eigenvalue weighted by atomic mass is 19.2. The summed E-state index contributed by atoms with van der Waals surface area (Å²) >= 11 is 0. The number of hydrogen-bond donors (Lipinski definition) is 0. The van der Waals surface area contributed by atoms with Gasteiger partial charge in [-0.15, -0.1) is 0 Å². The molecule has 0 aliphatic heterocycles. The Balaban J connectivity index is 1.67. The van der Waals surface area contributed by atoms with Gasteiger partial charge in [-0.1, -0.05) is 81.7 Å². The molecular formula is C27H34F2. The fourth-order valence-corrected chi connectivity index (χ4v) is 4.56. The Hall–Kier alpha value is -1.96. The van der Waals surface area contributed by atoms with Crippen LogP contribution in [0.25, 0.3) is 11.1 Å². The SMILES string of the molecule is CC/C=C\Cc1ccc(-c2ccc(C3CCC(CCCC)CC3)cc2)c(F)c1F. The van der Waals surface area contributed by atoms with Gasteiger partial charge in [0.2, 0.25) is 0 Å². The topological polar surface area (TPSA) is 0 Å². The molecule has 0 atom stereocenters. The summed E-state index contributed by atoms with van der Waals surface area (Å²) in [5.74, 6) is 0.0405. The third kappa shape index (κ3) is 5.56. The van der Waals surface area contributed by atoms with Gasteiger partial charge in [-0.2, -0.15) is 0 Å². The zero-order valence-corrected chi connectivity index (χ0v) is 17.9. The normalized spacial score (nSPS) is 19.7. The Morgan fingerprint density at radius 3 is 2.24 bits per heavy atom. The van der Waals surface area contributed by atoms with Crippen molar-refractivity contribution < 1.29 is 8.78 Å². The maximum Gasteiger partial charge on any atom is 0.166 e. The first-order valence-corrected chi connectivity index (χ1v) is 11.4. The van der Waals surface area contributed by atoms with E-state index in [0.29, 0.717) is 23.5 Å². The fourth-order valence-electron chi connectivity index (χ4n) is 4.56. The van der Waals surface area contributed by atoms with Crippen molar-refractivity contribution in [3.05, 3.63) is 71.3 Å². The molecule has 0 unspecified atom stereocenters. The van der Waals surface area contributed by atoms with E-state index in [1.807, 2.05) is 31.2 Å². The van der Waals surface area contributed by atoms with Crippen molar-refractivity contribution in [1.29, 1.82) is 0 Å². The Morgan fingerprint density at radius 1 is 0.862 bits per heavy atom. The standard InChI is InChI=1S/C27H34F2/c1-3-5-7-9-24-18-19-25(27(29)26(24)28)23-16-14-22(15-17-23)21-12-10-20(11-13-21)8-6-4-2/h5,7,14-21H,3-4,6,8-13H2,1-2H3/b7-5-. The maximum atomic E-state index is 14.7. The van der Waals surface area contributed by atoms with Gasteiger partial charge in [0, 0.05) is 5.56 Å². The van der Waals surface area contributed by atoms with E-state index in [2.05, 4.69) is 19.1 Å². The predicted molar refractivity (Wildman–Crippen MR) is 119 cm³/mol. The molecule has 2 aromatic carbocycles. The van der Waals surface area contributed by atoms with E-state index in [1.54, 1.807) is 12.1 Å². The molecule has 2 aromatic rings. The first-order chi connectivity index (χ1) is 14.1. The van der Waals surface area contributed by atoms with Gasteiger partial charge in [-0.25, -0.2) is 8.78 Å². The van der Waals surface area contributed by atoms with Gasteiger partial charge < -0.3 is 0 Å². The minimum absolute atomic E-state index is 0.348. The molecule has 0 spiro atoms. The second-order valence-corrected chi connectivity index (χ2v) is 8.47. The molecule has 1 saturated carbocycles. The summed E-state index contributed by atoms with van der Waals surface area (Å²) in [5.41, 5.74) is 2.84. The molecule has 1 fully saturated rings. The van der Waals surface area contributed by atoms with Crippen LogP contribution in [0.5, 0.6) is 0 Å². The molecule has 3 rings (SSSR count). The number of hydrogen-bond acceptors (Lipinski definition) is 0. The van der Waals surface area contributed by atoms with E-state index in [9.17, 15) is 8.78 Å². The Bertz CT molecular complexity index is 796. The second kappa shape index (κ2) is 10.7. The van der Waals surface area contributed by atoms with Crippen molar-refractivity contribution in [3.63, 3.8) is 0 Å². The minimum Gasteiger partial charge on any atom is -0.203 e. The van der Waals surface area contributed by atoms with Crippen LogP contribution in [0.15, 0.2) is 48.6 Å². The third-order valence-electron chi connectivity index (χ3n) is 6.41. The molecule has 0 bridgehead atoms. The molecule has 0 aromatic heterocycles. The number of halogens is 2. The van der Waals surface area contributed by atoms with Crippen LogP contribution in [0.4, 0.5) is 8.78 Å². The minimum atomic E-state index is -0.739. The van der Waals surface area contributed by atoms with Crippen molar-refractivity contribution in [2.75, 3.05) is 0 Å². The molecule has 29 heavy (non-hydrogen) atoms. The van der Waals surface area contributed by atoms with Gasteiger partial charge in [0.25, 0.3) is 0 Å². The zero-order valence-electron chi connectivity index (χ0n) is 17.9. The van der Waals surface area contributed by atoms with Crippen molar-refractivity contribution in [1.82, 2.24) is 0 Å². The van der Waals surface area contributed by atoms with Gasteiger partial charge in [-0.05, 0) is 67.1 Å². The van der Waals surface area contributed by atoms with E-state index in [0.717, 1.165) is 17.9 Å². The average molecular weight is 397 g/mol. The van der Waals surface area contributed by atoms with Crippen molar-refractivity contribution in [2.24, 2.45) is 5.92 Å². The van der Waals surface area contributed by atoms with Gasteiger partial charge in [0.05, 0.1) is 0 Å². The van der Waals surface area contributed by atoms with Gasteiger partial charge in [0.1, 0.15) is 0 Å². The number of allylic oxidation sites excluding steroid dienone is 2. The van der Waals surface area contributed by atoms with Crippen LogP contribution in [-0.4, -0.2) is 0 Å². The molecule has 156 valence electrons. The zero-order chi connectivity index (χ0) is 20.6. The molecule has 0 saturated heterocycles. The summed E-state index contributed by atoms with van der Waals surface area (Å²) in [4.78, 5) is 0. The van der Waals surface area contributed by atoms with Crippen LogP contribution in [0, 0.1) is 17.6 Å². The van der Waals surface area contributed by atoms with Gasteiger partial charge in [0.15, 0.2) is 11.6 Å². The van der Waals surface area contributed by atoms with Crippen LogP contribution < -0.4 is 0 Å². The highest BCUT2D eigenvalue weighted by Crippen LogP contribution is 2.38. The largest absolute Gasteiger partial charge is 0.203 e. The second-order valence-electron chi connectivity index (χ2n) is 8.47. The Morgan fingerprint density at radius 2 is 1.59 bits per heavy atom. The molecule has 0 heterocycles. The van der Waals surface area contributed by atoms with E-state index >= 15 is 0 Å². The van der Waals surface area contributed by atoms with Crippen molar-refractivity contribution in [3.8, 4) is 11.1 Å². The first kappa shape index (κ1) is 21.7. The molecule has 0 radical (unpaired) electrons. The molecular weight excluding hydrogens is 362 g/mol. The molecule has 0 nitrogen and oxygen atoms in total. The van der Waals surface area contributed by atoms with Crippen LogP contribution in [-0.2, 0) is 6.42 Å². The van der Waals surface area contributed by atoms with E-state index in [-0.39, 0.29) is 0 Å². The first-order valence-electron chi connectivity index (χ1n) is 11.4. The average Bonchev–Trinajstić information content (AvgIpc) is 2.76. The lowest BCUT2D eigenvalue weighted by molar-refractivity contribution is 0.304. The monoisotopic (exact) mass is 396 g/mol. The van der Waals surface area contributed by atoms with Crippen LogP contribution in [0.3, 0.4) is 0 Å². The Kier molecular flexibility index (Phi) is 8.03. The van der Waals surface area contributed by atoms with Crippen LogP contribution in [0.1, 0.15) is 82.3 Å².